The molecule has 12 heteroatoms. The molecule has 2 amide bonds. The van der Waals surface area contributed by atoms with E-state index in [-0.39, 0.29) is 24.5 Å². The number of carbonyl (C=O) groups excluding carboxylic acids is 2. The molecule has 2 fully saturated rings. The van der Waals surface area contributed by atoms with Crippen LogP contribution in [0, 0.1) is 0 Å². The van der Waals surface area contributed by atoms with Crippen LogP contribution in [-0.4, -0.2) is 70.2 Å². The Morgan fingerprint density at radius 2 is 1.77 bits per heavy atom. The predicted octanol–water partition coefficient (Wildman–Crippen LogP) is 1.51. The van der Waals surface area contributed by atoms with E-state index >= 15 is 0 Å². The van der Waals surface area contributed by atoms with Crippen LogP contribution in [0.5, 0.6) is 5.75 Å². The molecular formula is C19H27ClN3O7P. The summed E-state index contributed by atoms with van der Waals surface area (Å²) in [6.45, 7) is -0.0657. The number of nitrogens with zero attached hydrogens (tertiary/aromatic N) is 2. The van der Waals surface area contributed by atoms with E-state index in [2.05, 4.69) is 17.3 Å². The van der Waals surface area contributed by atoms with Gasteiger partial charge in [0.1, 0.15) is 0 Å². The van der Waals surface area contributed by atoms with Crippen molar-refractivity contribution in [2.75, 3.05) is 25.6 Å². The number of fused-ring (bicyclic) bond motifs is 3. The summed E-state index contributed by atoms with van der Waals surface area (Å²) >= 11 is 6.20. The van der Waals surface area contributed by atoms with Gasteiger partial charge in [-0.2, -0.15) is 0 Å². The zero-order chi connectivity index (χ0) is 22.9. The largest absolute Gasteiger partial charge is 0.481 e. The van der Waals surface area contributed by atoms with Gasteiger partial charge in [-0.1, -0.05) is 18.0 Å². The zero-order valence-corrected chi connectivity index (χ0v) is 19.0. The molecule has 3 aliphatic rings. The van der Waals surface area contributed by atoms with E-state index in [9.17, 15) is 9.59 Å². The first-order valence-electron chi connectivity index (χ1n) is 9.98. The van der Waals surface area contributed by atoms with E-state index in [1.165, 1.54) is 24.2 Å². The van der Waals surface area contributed by atoms with Gasteiger partial charge in [0.25, 0.3) is 11.8 Å². The van der Waals surface area contributed by atoms with Crippen LogP contribution in [0.1, 0.15) is 42.5 Å². The summed E-state index contributed by atoms with van der Waals surface area (Å²) in [6, 6.07) is 4.52. The third-order valence-electron chi connectivity index (χ3n) is 6.03. The molecule has 0 aliphatic carbocycles. The zero-order valence-electron chi connectivity index (χ0n) is 17.3. The average molecular weight is 476 g/mol. The van der Waals surface area contributed by atoms with E-state index < -0.39 is 7.82 Å². The summed E-state index contributed by atoms with van der Waals surface area (Å²) in [4.78, 5) is 50.3. The molecule has 1 aromatic carbocycles. The van der Waals surface area contributed by atoms with Crippen LogP contribution in [0.15, 0.2) is 12.1 Å². The molecule has 2 bridgehead atoms. The van der Waals surface area contributed by atoms with Gasteiger partial charge in [0, 0.05) is 30.2 Å². The van der Waals surface area contributed by atoms with E-state index in [0.29, 0.717) is 34.1 Å². The molecule has 3 aliphatic heterocycles. The smallest absolute Gasteiger partial charge is 0.466 e. The number of piperidine rings is 2. The summed E-state index contributed by atoms with van der Waals surface area (Å²) in [5, 5.41) is 3.60. The monoisotopic (exact) mass is 475 g/mol. The summed E-state index contributed by atoms with van der Waals surface area (Å²) in [6.07, 6.45) is 5.61. The molecule has 0 radical (unpaired) electrons. The average Bonchev–Trinajstić information content (AvgIpc) is 2.64. The van der Waals surface area contributed by atoms with Crippen molar-refractivity contribution in [1.82, 2.24) is 10.2 Å². The van der Waals surface area contributed by atoms with E-state index in [1.54, 1.807) is 19.2 Å². The summed E-state index contributed by atoms with van der Waals surface area (Å²) in [5.74, 6) is 0.0931. The number of halogens is 1. The molecule has 31 heavy (non-hydrogen) atoms. The predicted molar refractivity (Wildman–Crippen MR) is 114 cm³/mol. The Balaban J connectivity index is 0.000000491. The maximum atomic E-state index is 13.0. The van der Waals surface area contributed by atoms with Crippen LogP contribution in [0.2, 0.25) is 5.02 Å². The fourth-order valence-corrected chi connectivity index (χ4v) is 4.72. The number of amides is 2. The molecule has 2 atom stereocenters. The van der Waals surface area contributed by atoms with Gasteiger partial charge in [0.15, 0.2) is 12.4 Å². The fraction of sp³-hybridized carbons (Fsp3) is 0.579. The Morgan fingerprint density at radius 3 is 2.35 bits per heavy atom. The Kier molecular flexibility index (Phi) is 7.30. The first-order chi connectivity index (χ1) is 14.4. The van der Waals surface area contributed by atoms with E-state index in [4.69, 9.17) is 35.6 Å². The molecule has 10 nitrogen and oxygen atoms in total. The topological polar surface area (TPSA) is 140 Å². The number of hydrogen-bond acceptors (Lipinski definition) is 5. The highest BCUT2D eigenvalue weighted by molar-refractivity contribution is 7.45. The quantitative estimate of drug-likeness (QED) is 0.472. The van der Waals surface area contributed by atoms with Crippen molar-refractivity contribution in [1.29, 1.82) is 0 Å². The third kappa shape index (κ3) is 5.97. The normalized spacial score (nSPS) is 25.7. The number of nitrogens with one attached hydrogen (secondary N) is 1. The molecule has 4 N–H and O–H groups in total. The number of anilines is 1. The minimum Gasteiger partial charge on any atom is -0.481 e. The molecule has 2 saturated heterocycles. The molecule has 0 aromatic heterocycles. The SMILES string of the molecule is CN1C(=O)COc2c(C(=O)NC3CC4CCCC(C3)N4C)cc(Cl)cc21.O=P(O)(O)O. The van der Waals surface area contributed by atoms with Crippen molar-refractivity contribution < 1.29 is 33.6 Å². The van der Waals surface area contributed by atoms with Gasteiger partial charge >= 0.3 is 7.82 Å². The molecule has 2 unspecified atom stereocenters. The lowest BCUT2D eigenvalue weighted by Gasteiger charge is -2.47. The number of carbonyl (C=O) groups is 2. The first-order valence-corrected chi connectivity index (χ1v) is 11.9. The Morgan fingerprint density at radius 1 is 1.19 bits per heavy atom. The number of benzene rings is 1. The number of ether oxygens (including phenoxy) is 1. The highest BCUT2D eigenvalue weighted by atomic mass is 35.5. The van der Waals surface area contributed by atoms with Crippen molar-refractivity contribution in [3.8, 4) is 5.75 Å². The van der Waals surface area contributed by atoms with Crippen LogP contribution in [0.4, 0.5) is 5.69 Å². The van der Waals surface area contributed by atoms with Gasteiger partial charge in [0.2, 0.25) is 0 Å². The molecule has 3 heterocycles. The lowest BCUT2D eigenvalue weighted by Crippen LogP contribution is -2.55. The molecule has 4 rings (SSSR count). The van der Waals surface area contributed by atoms with Crippen LogP contribution in [0.25, 0.3) is 0 Å². The molecule has 1 aromatic rings. The standard InChI is InChI=1S/C19H24ClN3O3.H3O4P/c1-22-13-4-3-5-14(22)9-12(8-13)21-19(25)15-6-11(20)7-16-18(15)26-10-17(24)23(16)2;1-5(2,3)4/h6-7,12-14H,3-5,8-10H2,1-2H3,(H,21,25);(H3,1,2,3,4). The minimum atomic E-state index is -4.64. The van der Waals surface area contributed by atoms with Crippen LogP contribution in [0.3, 0.4) is 0 Å². The second kappa shape index (κ2) is 9.44. The third-order valence-corrected chi connectivity index (χ3v) is 6.25. The second-order valence-corrected chi connectivity index (χ2v) is 9.57. The Labute approximate surface area is 185 Å². The van der Waals surface area contributed by atoms with Crippen LogP contribution < -0.4 is 15.0 Å². The van der Waals surface area contributed by atoms with Gasteiger partial charge in [-0.3, -0.25) is 9.59 Å². The van der Waals surface area contributed by atoms with Gasteiger partial charge in [0.05, 0.1) is 11.3 Å². The van der Waals surface area contributed by atoms with Gasteiger partial charge in [-0.25, -0.2) is 4.57 Å². The lowest BCUT2D eigenvalue weighted by atomic mass is 9.82. The first kappa shape index (κ1) is 24.0. The number of phosphoric acid groups is 1. The van der Waals surface area contributed by atoms with Crippen LogP contribution in [-0.2, 0) is 9.36 Å². The van der Waals surface area contributed by atoms with Gasteiger partial charge in [-0.15, -0.1) is 0 Å². The summed E-state index contributed by atoms with van der Waals surface area (Å²) in [7, 11) is -0.777. The van der Waals surface area contributed by atoms with E-state index in [0.717, 1.165) is 12.8 Å². The molecule has 0 spiro atoms. The van der Waals surface area contributed by atoms with Gasteiger partial charge in [-0.05, 0) is 44.9 Å². The highest BCUT2D eigenvalue weighted by Crippen LogP contribution is 2.38. The molecule has 172 valence electrons. The Bertz CT molecular complexity index is 886. The highest BCUT2D eigenvalue weighted by Gasteiger charge is 2.37. The van der Waals surface area contributed by atoms with Crippen molar-refractivity contribution in [2.45, 2.75) is 50.2 Å². The van der Waals surface area contributed by atoms with Crippen molar-refractivity contribution in [3.05, 3.63) is 22.7 Å². The number of likely N-dealkylation sites (N-methyl/N-ethyl adjacent to an activating group) is 1. The molecular weight excluding hydrogens is 449 g/mol. The van der Waals surface area contributed by atoms with Crippen molar-refractivity contribution >= 4 is 36.9 Å². The maximum Gasteiger partial charge on any atom is 0.466 e. The van der Waals surface area contributed by atoms with Crippen molar-refractivity contribution in [3.63, 3.8) is 0 Å². The van der Waals surface area contributed by atoms with E-state index in [1.807, 2.05) is 0 Å². The molecule has 0 saturated carbocycles. The minimum absolute atomic E-state index is 0.0657. The number of rotatable bonds is 2. The van der Waals surface area contributed by atoms with Crippen molar-refractivity contribution in [2.24, 2.45) is 0 Å². The van der Waals surface area contributed by atoms with Crippen LogP contribution >= 0.6 is 19.4 Å². The number of hydrogen-bond donors (Lipinski definition) is 4. The van der Waals surface area contributed by atoms with Gasteiger partial charge < -0.3 is 34.5 Å². The maximum absolute atomic E-state index is 13.0. The Hall–Kier alpha value is -1.68. The fourth-order valence-electron chi connectivity index (χ4n) is 4.51. The summed E-state index contributed by atoms with van der Waals surface area (Å²) < 4.78 is 14.5. The summed E-state index contributed by atoms with van der Waals surface area (Å²) in [5.41, 5.74) is 0.940. The lowest BCUT2D eigenvalue weighted by molar-refractivity contribution is -0.121. The second-order valence-electron chi connectivity index (χ2n) is 8.10.